The zero-order chi connectivity index (χ0) is 15.9. The third kappa shape index (κ3) is 7.39. The van der Waals surface area contributed by atoms with Crippen molar-refractivity contribution in [3.63, 3.8) is 0 Å². The Balaban J connectivity index is 2.45. The minimum atomic E-state index is -3.47. The standard InChI is InChI=1S/C12H23N5O2S2/c1-4-14-12(16-7-8-21(13,18)19)15-6-5-11-17-9(2)10(3)20-11/h4-8H2,1-3H3,(H2,13,18,19)(H2,14,15,16). The van der Waals surface area contributed by atoms with Gasteiger partial charge in [-0.3, -0.25) is 4.99 Å². The fourth-order valence-corrected chi connectivity index (χ4v) is 2.84. The number of nitrogens with two attached hydrogens (primary N) is 1. The molecule has 0 saturated carbocycles. The first-order valence-corrected chi connectivity index (χ1v) is 9.30. The highest BCUT2D eigenvalue weighted by atomic mass is 32.2. The molecule has 1 heterocycles. The molecule has 0 bridgehead atoms. The van der Waals surface area contributed by atoms with Gasteiger partial charge in [0.2, 0.25) is 10.0 Å². The van der Waals surface area contributed by atoms with Crippen molar-refractivity contribution in [1.29, 1.82) is 0 Å². The quantitative estimate of drug-likeness (QED) is 0.486. The normalized spacial score (nSPS) is 12.5. The number of hydrogen-bond acceptors (Lipinski definition) is 5. The highest BCUT2D eigenvalue weighted by Crippen LogP contribution is 2.16. The molecule has 1 aromatic heterocycles. The third-order valence-electron chi connectivity index (χ3n) is 2.69. The average Bonchev–Trinajstić information content (AvgIpc) is 2.67. The molecule has 0 amide bonds. The fraction of sp³-hybridized carbons (Fsp3) is 0.667. The lowest BCUT2D eigenvalue weighted by Crippen LogP contribution is -2.38. The van der Waals surface area contributed by atoms with Gasteiger partial charge in [-0.25, -0.2) is 18.5 Å². The van der Waals surface area contributed by atoms with Crippen LogP contribution in [-0.2, 0) is 16.4 Å². The molecule has 120 valence electrons. The molecule has 9 heteroatoms. The largest absolute Gasteiger partial charge is 0.357 e. The summed E-state index contributed by atoms with van der Waals surface area (Å²) in [6, 6.07) is 0. The summed E-state index contributed by atoms with van der Waals surface area (Å²) in [5, 5.41) is 12.2. The molecule has 21 heavy (non-hydrogen) atoms. The van der Waals surface area contributed by atoms with Gasteiger partial charge in [-0.1, -0.05) is 0 Å². The van der Waals surface area contributed by atoms with Gasteiger partial charge in [0.25, 0.3) is 0 Å². The maximum absolute atomic E-state index is 10.9. The van der Waals surface area contributed by atoms with Crippen molar-refractivity contribution in [2.75, 3.05) is 25.4 Å². The third-order valence-corrected chi connectivity index (χ3v) is 4.58. The molecule has 0 fully saturated rings. The molecule has 0 atom stereocenters. The van der Waals surface area contributed by atoms with Gasteiger partial charge in [0.05, 0.1) is 23.0 Å². The van der Waals surface area contributed by atoms with Gasteiger partial charge in [0.1, 0.15) is 0 Å². The van der Waals surface area contributed by atoms with E-state index >= 15 is 0 Å². The molecule has 0 saturated heterocycles. The minimum Gasteiger partial charge on any atom is -0.357 e. The summed E-state index contributed by atoms with van der Waals surface area (Å²) < 4.78 is 21.7. The zero-order valence-electron chi connectivity index (χ0n) is 12.6. The molecule has 0 aliphatic rings. The van der Waals surface area contributed by atoms with Crippen LogP contribution in [0.15, 0.2) is 4.99 Å². The Kier molecular flexibility index (Phi) is 7.06. The van der Waals surface area contributed by atoms with Crippen molar-refractivity contribution in [3.8, 4) is 0 Å². The summed E-state index contributed by atoms with van der Waals surface area (Å²) in [6.45, 7) is 7.54. The summed E-state index contributed by atoms with van der Waals surface area (Å²) in [5.74, 6) is 0.431. The minimum absolute atomic E-state index is 0.142. The summed E-state index contributed by atoms with van der Waals surface area (Å²) >= 11 is 1.69. The summed E-state index contributed by atoms with van der Waals surface area (Å²) in [7, 11) is -3.47. The van der Waals surface area contributed by atoms with Crippen molar-refractivity contribution in [2.45, 2.75) is 27.2 Å². The Morgan fingerprint density at radius 3 is 2.62 bits per heavy atom. The molecule has 0 aliphatic heterocycles. The highest BCUT2D eigenvalue weighted by molar-refractivity contribution is 7.89. The molecule has 4 N–H and O–H groups in total. The Bertz CT molecular complexity index is 561. The molecule has 7 nitrogen and oxygen atoms in total. The number of primary sulfonamides is 1. The van der Waals surface area contributed by atoms with Gasteiger partial charge >= 0.3 is 0 Å². The second-order valence-electron chi connectivity index (χ2n) is 4.55. The number of sulfonamides is 1. The van der Waals surface area contributed by atoms with E-state index in [1.165, 1.54) is 4.88 Å². The maximum atomic E-state index is 10.9. The van der Waals surface area contributed by atoms with E-state index in [0.717, 1.165) is 17.1 Å². The number of nitrogens with one attached hydrogen (secondary N) is 2. The second-order valence-corrected chi connectivity index (χ2v) is 7.58. The highest BCUT2D eigenvalue weighted by Gasteiger charge is 2.05. The lowest BCUT2D eigenvalue weighted by atomic mass is 10.4. The van der Waals surface area contributed by atoms with Gasteiger partial charge in [0, 0.05) is 24.4 Å². The van der Waals surface area contributed by atoms with E-state index in [9.17, 15) is 8.42 Å². The fourth-order valence-electron chi connectivity index (χ4n) is 1.56. The number of aryl methyl sites for hydroxylation is 2. The van der Waals surface area contributed by atoms with E-state index in [1.54, 1.807) is 11.3 Å². The summed E-state index contributed by atoms with van der Waals surface area (Å²) in [4.78, 5) is 9.88. The predicted molar refractivity (Wildman–Crippen MR) is 87.2 cm³/mol. The van der Waals surface area contributed by atoms with Crippen LogP contribution in [0.5, 0.6) is 0 Å². The molecular formula is C12H23N5O2S2. The van der Waals surface area contributed by atoms with Crippen LogP contribution in [0.4, 0.5) is 0 Å². The Labute approximate surface area is 130 Å². The van der Waals surface area contributed by atoms with Crippen LogP contribution >= 0.6 is 11.3 Å². The number of thiazole rings is 1. The Morgan fingerprint density at radius 2 is 2.10 bits per heavy atom. The van der Waals surface area contributed by atoms with Crippen molar-refractivity contribution in [1.82, 2.24) is 15.6 Å². The predicted octanol–water partition coefficient (Wildman–Crippen LogP) is 0.146. The van der Waals surface area contributed by atoms with Crippen molar-refractivity contribution >= 4 is 27.3 Å². The number of guanidine groups is 1. The van der Waals surface area contributed by atoms with Gasteiger partial charge in [-0.2, -0.15) is 0 Å². The molecular weight excluding hydrogens is 310 g/mol. The van der Waals surface area contributed by atoms with E-state index < -0.39 is 10.0 Å². The van der Waals surface area contributed by atoms with E-state index in [-0.39, 0.29) is 12.3 Å². The number of hydrogen-bond donors (Lipinski definition) is 3. The van der Waals surface area contributed by atoms with E-state index in [0.29, 0.717) is 19.0 Å². The lowest BCUT2D eigenvalue weighted by molar-refractivity contribution is 0.597. The average molecular weight is 333 g/mol. The first-order valence-electron chi connectivity index (χ1n) is 6.77. The summed E-state index contributed by atoms with van der Waals surface area (Å²) in [5.41, 5.74) is 1.07. The number of rotatable bonds is 7. The van der Waals surface area contributed by atoms with Crippen LogP contribution in [0, 0.1) is 13.8 Å². The molecule has 0 radical (unpaired) electrons. The number of nitrogens with zero attached hydrogens (tertiary/aromatic N) is 2. The van der Waals surface area contributed by atoms with Crippen LogP contribution in [0.25, 0.3) is 0 Å². The molecule has 0 spiro atoms. The maximum Gasteiger partial charge on any atom is 0.210 e. The molecule has 0 aromatic carbocycles. The number of aromatic nitrogens is 1. The van der Waals surface area contributed by atoms with E-state index in [1.807, 2.05) is 13.8 Å². The van der Waals surface area contributed by atoms with Crippen molar-refractivity contribution in [2.24, 2.45) is 10.1 Å². The monoisotopic (exact) mass is 333 g/mol. The van der Waals surface area contributed by atoms with Gasteiger partial charge in [0.15, 0.2) is 5.96 Å². The topological polar surface area (TPSA) is 109 Å². The van der Waals surface area contributed by atoms with Crippen LogP contribution in [0.2, 0.25) is 0 Å². The van der Waals surface area contributed by atoms with Gasteiger partial charge in [-0.15, -0.1) is 11.3 Å². The second kappa shape index (κ2) is 8.30. The van der Waals surface area contributed by atoms with Gasteiger partial charge in [-0.05, 0) is 20.8 Å². The van der Waals surface area contributed by atoms with E-state index in [2.05, 4.69) is 27.5 Å². The van der Waals surface area contributed by atoms with Crippen molar-refractivity contribution in [3.05, 3.63) is 15.6 Å². The van der Waals surface area contributed by atoms with E-state index in [4.69, 9.17) is 5.14 Å². The number of aliphatic imine (C=N–C) groups is 1. The smallest absolute Gasteiger partial charge is 0.210 e. The SMILES string of the molecule is CCNC(=NCCS(N)(=O)=O)NCCc1nc(C)c(C)s1. The van der Waals surface area contributed by atoms with Crippen LogP contribution in [0.1, 0.15) is 22.5 Å². The zero-order valence-corrected chi connectivity index (χ0v) is 14.3. The first kappa shape index (κ1) is 17.9. The molecule has 1 rings (SSSR count). The summed E-state index contributed by atoms with van der Waals surface area (Å²) in [6.07, 6.45) is 0.805. The lowest BCUT2D eigenvalue weighted by Gasteiger charge is -2.10. The van der Waals surface area contributed by atoms with Crippen LogP contribution < -0.4 is 15.8 Å². The Morgan fingerprint density at radius 1 is 1.38 bits per heavy atom. The van der Waals surface area contributed by atoms with Gasteiger partial charge < -0.3 is 10.6 Å². The van der Waals surface area contributed by atoms with Crippen LogP contribution in [-0.4, -0.2) is 44.7 Å². The van der Waals surface area contributed by atoms with Crippen LogP contribution in [0.3, 0.4) is 0 Å². The van der Waals surface area contributed by atoms with Crippen molar-refractivity contribution < 1.29 is 8.42 Å². The first-order chi connectivity index (χ1) is 9.81. The molecule has 0 aliphatic carbocycles. The molecule has 0 unspecified atom stereocenters. The molecule has 1 aromatic rings. The Hall–Kier alpha value is -1.19.